The zero-order valence-electron chi connectivity index (χ0n) is 14.7. The lowest BCUT2D eigenvalue weighted by molar-refractivity contribution is -0.893. The van der Waals surface area contributed by atoms with Crippen molar-refractivity contribution in [2.45, 2.75) is 90.6 Å². The Balaban J connectivity index is 3.34. The highest BCUT2D eigenvalue weighted by Gasteiger charge is 2.18. The minimum atomic E-state index is -0.131. The van der Waals surface area contributed by atoms with Crippen molar-refractivity contribution >= 4 is 0 Å². The van der Waals surface area contributed by atoms with Gasteiger partial charge in [0, 0.05) is 0 Å². The van der Waals surface area contributed by atoms with Crippen molar-refractivity contribution in [1.82, 2.24) is 0 Å². The third-order valence-electron chi connectivity index (χ3n) is 4.29. The highest BCUT2D eigenvalue weighted by molar-refractivity contribution is 4.51. The molecule has 2 nitrogen and oxygen atoms in total. The lowest BCUT2D eigenvalue weighted by atomic mass is 10.1. The molecule has 0 aromatic carbocycles. The van der Waals surface area contributed by atoms with Crippen molar-refractivity contribution in [2.24, 2.45) is 0 Å². The molecule has 2 heteroatoms. The van der Waals surface area contributed by atoms with Gasteiger partial charge in [-0.25, -0.2) is 0 Å². The second kappa shape index (κ2) is 12.6. The second-order valence-electron chi connectivity index (χ2n) is 7.09. The van der Waals surface area contributed by atoms with Gasteiger partial charge in [-0.05, 0) is 19.3 Å². The van der Waals surface area contributed by atoms with E-state index in [0.717, 1.165) is 17.4 Å². The molecule has 0 aliphatic carbocycles. The molecular formula is C18H40NO+. The Labute approximate surface area is 128 Å². The highest BCUT2D eigenvalue weighted by atomic mass is 16.3. The molecule has 0 aromatic heterocycles. The summed E-state index contributed by atoms with van der Waals surface area (Å²) in [6.45, 7) is 6.44. The molecule has 0 fully saturated rings. The largest absolute Gasteiger partial charge is 0.387 e. The molecule has 0 spiro atoms. The monoisotopic (exact) mass is 286 g/mol. The molecule has 0 bridgehead atoms. The summed E-state index contributed by atoms with van der Waals surface area (Å²) in [6.07, 6.45) is 14.7. The van der Waals surface area contributed by atoms with Gasteiger partial charge in [0.1, 0.15) is 12.6 Å². The van der Waals surface area contributed by atoms with Gasteiger partial charge in [-0.2, -0.15) is 0 Å². The van der Waals surface area contributed by atoms with Crippen LogP contribution in [0.15, 0.2) is 0 Å². The van der Waals surface area contributed by atoms with Crippen molar-refractivity contribution in [1.29, 1.82) is 0 Å². The van der Waals surface area contributed by atoms with Crippen LogP contribution in [0.2, 0.25) is 0 Å². The highest BCUT2D eigenvalue weighted by Crippen LogP contribution is 2.12. The number of hydrogen-bond donors (Lipinski definition) is 1. The van der Waals surface area contributed by atoms with Gasteiger partial charge in [-0.15, -0.1) is 0 Å². The van der Waals surface area contributed by atoms with Gasteiger partial charge < -0.3 is 9.59 Å². The third kappa shape index (κ3) is 12.9. The topological polar surface area (TPSA) is 20.2 Å². The van der Waals surface area contributed by atoms with E-state index in [4.69, 9.17) is 0 Å². The number of nitrogens with zero attached hydrogens (tertiary/aromatic N) is 1. The molecule has 1 unspecified atom stereocenters. The molecule has 1 N–H and O–H groups in total. The molecule has 0 saturated carbocycles. The summed E-state index contributed by atoms with van der Waals surface area (Å²) in [5.74, 6) is 0. The molecule has 0 aliphatic rings. The molecule has 0 aromatic rings. The molecule has 0 amide bonds. The minimum absolute atomic E-state index is 0.131. The zero-order valence-corrected chi connectivity index (χ0v) is 14.7. The van der Waals surface area contributed by atoms with E-state index in [1.165, 1.54) is 70.8 Å². The first kappa shape index (κ1) is 19.9. The first-order chi connectivity index (χ1) is 9.52. The van der Waals surface area contributed by atoms with Gasteiger partial charge in [0.2, 0.25) is 0 Å². The molecule has 0 saturated heterocycles. The average Bonchev–Trinajstić information content (AvgIpc) is 2.40. The predicted molar refractivity (Wildman–Crippen MR) is 90.0 cm³/mol. The van der Waals surface area contributed by atoms with Gasteiger partial charge in [-0.1, -0.05) is 65.2 Å². The molecule has 0 radical (unpaired) electrons. The smallest absolute Gasteiger partial charge is 0.105 e. The lowest BCUT2D eigenvalue weighted by Crippen LogP contribution is -2.45. The van der Waals surface area contributed by atoms with Gasteiger partial charge in [0.15, 0.2) is 0 Å². The fourth-order valence-electron chi connectivity index (χ4n) is 2.82. The molecule has 0 rings (SSSR count). The van der Waals surface area contributed by atoms with E-state index in [1.807, 2.05) is 0 Å². The number of aliphatic hydroxyl groups is 1. The van der Waals surface area contributed by atoms with Crippen molar-refractivity contribution in [3.8, 4) is 0 Å². The van der Waals surface area contributed by atoms with Crippen LogP contribution in [0, 0.1) is 0 Å². The van der Waals surface area contributed by atoms with Crippen LogP contribution in [0.5, 0.6) is 0 Å². The van der Waals surface area contributed by atoms with E-state index in [-0.39, 0.29) is 6.10 Å². The Kier molecular flexibility index (Phi) is 12.6. The third-order valence-corrected chi connectivity index (χ3v) is 4.29. The van der Waals surface area contributed by atoms with E-state index >= 15 is 0 Å². The maximum atomic E-state index is 9.74. The van der Waals surface area contributed by atoms with E-state index in [9.17, 15) is 5.11 Å². The van der Waals surface area contributed by atoms with Crippen LogP contribution in [-0.2, 0) is 0 Å². The number of quaternary nitrogens is 1. The zero-order chi connectivity index (χ0) is 15.3. The summed E-state index contributed by atoms with van der Waals surface area (Å²) in [5, 5.41) is 9.74. The summed E-state index contributed by atoms with van der Waals surface area (Å²) in [5.41, 5.74) is 0. The number of likely N-dealkylation sites (N-methyl/N-ethyl adjacent to an activating group) is 1. The molecule has 122 valence electrons. The second-order valence-corrected chi connectivity index (χ2v) is 7.09. The standard InChI is InChI=1S/C18H40NO/c1-5-7-8-9-10-11-12-13-14-15-16-19(3,4)17-18(20)6-2/h18,20H,5-17H2,1-4H3/q+1. The summed E-state index contributed by atoms with van der Waals surface area (Å²) >= 11 is 0. The van der Waals surface area contributed by atoms with Crippen LogP contribution in [0.25, 0.3) is 0 Å². The van der Waals surface area contributed by atoms with E-state index in [2.05, 4.69) is 27.9 Å². The van der Waals surface area contributed by atoms with Crippen LogP contribution in [-0.4, -0.2) is 42.9 Å². The Morgan fingerprint density at radius 1 is 0.750 bits per heavy atom. The Morgan fingerprint density at radius 3 is 1.65 bits per heavy atom. The Hall–Kier alpha value is -0.0800. The Bertz CT molecular complexity index is 204. The van der Waals surface area contributed by atoms with E-state index in [1.54, 1.807) is 0 Å². The van der Waals surface area contributed by atoms with Crippen LogP contribution in [0.3, 0.4) is 0 Å². The minimum Gasteiger partial charge on any atom is -0.387 e. The number of aliphatic hydroxyl groups excluding tert-OH is 1. The number of hydrogen-bond acceptors (Lipinski definition) is 1. The summed E-state index contributed by atoms with van der Waals surface area (Å²) in [7, 11) is 4.49. The maximum Gasteiger partial charge on any atom is 0.105 e. The molecule has 20 heavy (non-hydrogen) atoms. The number of unbranched alkanes of at least 4 members (excludes halogenated alkanes) is 9. The summed E-state index contributed by atoms with van der Waals surface area (Å²) < 4.78 is 0.964. The fourth-order valence-corrected chi connectivity index (χ4v) is 2.82. The van der Waals surface area contributed by atoms with Gasteiger partial charge in [0.05, 0.1) is 20.6 Å². The van der Waals surface area contributed by atoms with Crippen LogP contribution < -0.4 is 0 Å². The first-order valence-corrected chi connectivity index (χ1v) is 9.02. The lowest BCUT2D eigenvalue weighted by Gasteiger charge is -2.31. The average molecular weight is 287 g/mol. The molecular weight excluding hydrogens is 246 g/mol. The predicted octanol–water partition coefficient (Wildman–Crippen LogP) is 4.75. The SMILES string of the molecule is CCCCCCCCCCCC[N+](C)(C)CC(O)CC. The van der Waals surface area contributed by atoms with Crippen LogP contribution >= 0.6 is 0 Å². The summed E-state index contributed by atoms with van der Waals surface area (Å²) in [4.78, 5) is 0. The summed E-state index contributed by atoms with van der Waals surface area (Å²) in [6, 6.07) is 0. The maximum absolute atomic E-state index is 9.74. The van der Waals surface area contributed by atoms with E-state index < -0.39 is 0 Å². The van der Waals surface area contributed by atoms with Crippen molar-refractivity contribution in [3.05, 3.63) is 0 Å². The van der Waals surface area contributed by atoms with E-state index in [0.29, 0.717) is 0 Å². The first-order valence-electron chi connectivity index (χ1n) is 9.02. The van der Waals surface area contributed by atoms with Gasteiger partial charge >= 0.3 is 0 Å². The Morgan fingerprint density at radius 2 is 1.20 bits per heavy atom. The van der Waals surface area contributed by atoms with Crippen molar-refractivity contribution < 1.29 is 9.59 Å². The van der Waals surface area contributed by atoms with Gasteiger partial charge in [-0.3, -0.25) is 0 Å². The normalized spacial score (nSPS) is 13.7. The van der Waals surface area contributed by atoms with Crippen molar-refractivity contribution in [2.75, 3.05) is 27.2 Å². The molecule has 0 heterocycles. The molecule has 1 atom stereocenters. The van der Waals surface area contributed by atoms with Gasteiger partial charge in [0.25, 0.3) is 0 Å². The quantitative estimate of drug-likeness (QED) is 0.361. The number of rotatable bonds is 14. The van der Waals surface area contributed by atoms with Crippen LogP contribution in [0.1, 0.15) is 84.5 Å². The van der Waals surface area contributed by atoms with Crippen molar-refractivity contribution in [3.63, 3.8) is 0 Å². The fraction of sp³-hybridized carbons (Fsp3) is 1.00. The molecule has 0 aliphatic heterocycles. The van der Waals surface area contributed by atoms with Crippen LogP contribution in [0.4, 0.5) is 0 Å².